The van der Waals surface area contributed by atoms with Gasteiger partial charge in [0.05, 0.1) is 10.6 Å². The molecule has 1 amide bonds. The van der Waals surface area contributed by atoms with Gasteiger partial charge in [-0.25, -0.2) is 8.42 Å². The van der Waals surface area contributed by atoms with Gasteiger partial charge in [-0.15, -0.1) is 0 Å². The fourth-order valence-corrected chi connectivity index (χ4v) is 4.87. The Morgan fingerprint density at radius 2 is 1.88 bits per heavy atom. The number of carbonyl (C=O) groups excluding carboxylic acids is 1. The zero-order valence-electron chi connectivity index (χ0n) is 14.6. The van der Waals surface area contributed by atoms with Gasteiger partial charge < -0.3 is 5.32 Å². The maximum atomic E-state index is 13.3. The molecule has 1 N–H and O–H groups in total. The number of para-hydroxylation sites is 1. The van der Waals surface area contributed by atoms with Crippen LogP contribution in [-0.2, 0) is 21.2 Å². The molecule has 0 aliphatic carbocycles. The van der Waals surface area contributed by atoms with Crippen LogP contribution in [0.2, 0.25) is 0 Å². The fourth-order valence-electron chi connectivity index (χ4n) is 3.13. The molecule has 0 radical (unpaired) electrons. The SMILES string of the molecule is CCNC(=O)C1Cc2ccccc2N1S(=O)(=O)c1ccc(C)c(C)c1. The minimum absolute atomic E-state index is 0.210. The molecule has 6 heteroatoms. The van der Waals surface area contributed by atoms with E-state index in [-0.39, 0.29) is 10.8 Å². The number of likely N-dealkylation sites (N-methyl/N-ethyl adjacent to an activating group) is 1. The van der Waals surface area contributed by atoms with Crippen molar-refractivity contribution in [1.82, 2.24) is 5.32 Å². The van der Waals surface area contributed by atoms with Gasteiger partial charge in [0, 0.05) is 13.0 Å². The molecule has 0 fully saturated rings. The summed E-state index contributed by atoms with van der Waals surface area (Å²) in [5.74, 6) is -0.272. The molecule has 25 heavy (non-hydrogen) atoms. The second-order valence-electron chi connectivity index (χ2n) is 6.29. The van der Waals surface area contributed by atoms with Crippen molar-refractivity contribution in [3.8, 4) is 0 Å². The molecule has 0 spiro atoms. The number of hydrogen-bond donors (Lipinski definition) is 1. The molecule has 1 atom stereocenters. The summed E-state index contributed by atoms with van der Waals surface area (Å²) >= 11 is 0. The summed E-state index contributed by atoms with van der Waals surface area (Å²) in [7, 11) is -3.83. The predicted molar refractivity (Wildman–Crippen MR) is 98.2 cm³/mol. The normalized spacial score (nSPS) is 16.6. The molecule has 3 rings (SSSR count). The molecule has 1 heterocycles. The van der Waals surface area contributed by atoms with Crippen molar-refractivity contribution in [1.29, 1.82) is 0 Å². The maximum Gasteiger partial charge on any atom is 0.265 e. The molecule has 0 aromatic heterocycles. The van der Waals surface area contributed by atoms with Crippen molar-refractivity contribution >= 4 is 21.6 Å². The Labute approximate surface area is 148 Å². The highest BCUT2D eigenvalue weighted by atomic mass is 32.2. The third kappa shape index (κ3) is 3.02. The molecule has 1 unspecified atom stereocenters. The van der Waals surface area contributed by atoms with Crippen molar-refractivity contribution in [2.24, 2.45) is 0 Å². The van der Waals surface area contributed by atoms with E-state index in [0.717, 1.165) is 16.7 Å². The first-order chi connectivity index (χ1) is 11.9. The van der Waals surface area contributed by atoms with Gasteiger partial charge in [-0.1, -0.05) is 24.3 Å². The molecule has 132 valence electrons. The van der Waals surface area contributed by atoms with Crippen LogP contribution >= 0.6 is 0 Å². The highest BCUT2D eigenvalue weighted by Gasteiger charge is 2.42. The van der Waals surface area contributed by atoms with Crippen molar-refractivity contribution < 1.29 is 13.2 Å². The lowest BCUT2D eigenvalue weighted by Crippen LogP contribution is -2.48. The van der Waals surface area contributed by atoms with E-state index in [1.54, 1.807) is 30.3 Å². The molecule has 0 saturated heterocycles. The number of anilines is 1. The molecule has 0 saturated carbocycles. The van der Waals surface area contributed by atoms with Gasteiger partial charge in [-0.3, -0.25) is 9.10 Å². The van der Waals surface area contributed by atoms with Gasteiger partial charge in [0.25, 0.3) is 10.0 Å². The summed E-state index contributed by atoms with van der Waals surface area (Å²) in [5, 5.41) is 2.75. The number of rotatable bonds is 4. The summed E-state index contributed by atoms with van der Waals surface area (Å²) in [6.07, 6.45) is 0.381. The van der Waals surface area contributed by atoms with Crippen LogP contribution in [0.1, 0.15) is 23.6 Å². The Kier molecular flexibility index (Phi) is 4.56. The third-order valence-electron chi connectivity index (χ3n) is 4.61. The van der Waals surface area contributed by atoms with Crippen LogP contribution in [0.3, 0.4) is 0 Å². The minimum Gasteiger partial charge on any atom is -0.355 e. The fraction of sp³-hybridized carbons (Fsp3) is 0.316. The van der Waals surface area contributed by atoms with Crippen molar-refractivity contribution in [2.75, 3.05) is 10.8 Å². The monoisotopic (exact) mass is 358 g/mol. The van der Waals surface area contributed by atoms with E-state index >= 15 is 0 Å². The number of sulfonamides is 1. The molecule has 1 aliphatic rings. The number of nitrogens with one attached hydrogen (secondary N) is 1. The second kappa shape index (κ2) is 6.52. The number of fused-ring (bicyclic) bond motifs is 1. The topological polar surface area (TPSA) is 66.5 Å². The number of benzene rings is 2. The van der Waals surface area contributed by atoms with Crippen LogP contribution in [0.5, 0.6) is 0 Å². The lowest BCUT2D eigenvalue weighted by atomic mass is 10.1. The predicted octanol–water partition coefficient (Wildman–Crippen LogP) is 2.56. The average molecular weight is 358 g/mol. The van der Waals surface area contributed by atoms with Crippen molar-refractivity contribution in [2.45, 2.75) is 38.1 Å². The van der Waals surface area contributed by atoms with E-state index in [0.29, 0.717) is 18.7 Å². The maximum absolute atomic E-state index is 13.3. The van der Waals surface area contributed by atoms with Crippen LogP contribution < -0.4 is 9.62 Å². The van der Waals surface area contributed by atoms with E-state index in [4.69, 9.17) is 0 Å². The molecule has 0 bridgehead atoms. The smallest absolute Gasteiger partial charge is 0.265 e. The molecule has 2 aromatic rings. The Morgan fingerprint density at radius 1 is 1.16 bits per heavy atom. The van der Waals surface area contributed by atoms with E-state index in [1.807, 2.05) is 32.9 Å². The van der Waals surface area contributed by atoms with Gasteiger partial charge in [0.2, 0.25) is 5.91 Å². The summed E-state index contributed by atoms with van der Waals surface area (Å²) in [5.41, 5.74) is 3.38. The standard InChI is InChI=1S/C19H22N2O3S/c1-4-20-19(22)18-12-15-7-5-6-8-17(15)21(18)25(23,24)16-10-9-13(2)14(3)11-16/h5-11,18H,4,12H2,1-3H3,(H,20,22). The summed E-state index contributed by atoms with van der Waals surface area (Å²) in [6.45, 7) is 6.10. The number of nitrogens with zero attached hydrogens (tertiary/aromatic N) is 1. The molecule has 5 nitrogen and oxygen atoms in total. The summed E-state index contributed by atoms with van der Waals surface area (Å²) < 4.78 is 27.9. The number of carbonyl (C=O) groups is 1. The minimum atomic E-state index is -3.83. The average Bonchev–Trinajstić information content (AvgIpc) is 2.98. The Balaban J connectivity index is 2.12. The lowest BCUT2D eigenvalue weighted by Gasteiger charge is -2.26. The second-order valence-corrected chi connectivity index (χ2v) is 8.11. The molecule has 1 aliphatic heterocycles. The van der Waals surface area contributed by atoms with Gasteiger partial charge in [-0.05, 0) is 55.7 Å². The van der Waals surface area contributed by atoms with Crippen molar-refractivity contribution in [3.05, 3.63) is 59.2 Å². The number of hydrogen-bond acceptors (Lipinski definition) is 3. The van der Waals surface area contributed by atoms with Crippen LogP contribution in [0.15, 0.2) is 47.4 Å². The highest BCUT2D eigenvalue weighted by molar-refractivity contribution is 7.93. The molecule has 2 aromatic carbocycles. The first-order valence-corrected chi connectivity index (χ1v) is 9.77. The van der Waals surface area contributed by atoms with E-state index in [1.165, 1.54) is 4.31 Å². The summed E-state index contributed by atoms with van der Waals surface area (Å²) in [6, 6.07) is 11.6. The van der Waals surface area contributed by atoms with Gasteiger partial charge >= 0.3 is 0 Å². The summed E-state index contributed by atoms with van der Waals surface area (Å²) in [4.78, 5) is 12.7. The van der Waals surface area contributed by atoms with Gasteiger partial charge in [0.1, 0.15) is 6.04 Å². The Hall–Kier alpha value is -2.34. The zero-order chi connectivity index (χ0) is 18.2. The molecular formula is C19H22N2O3S. The number of amides is 1. The highest BCUT2D eigenvalue weighted by Crippen LogP contribution is 2.37. The van der Waals surface area contributed by atoms with Gasteiger partial charge in [-0.2, -0.15) is 0 Å². The Bertz CT molecular complexity index is 922. The first-order valence-electron chi connectivity index (χ1n) is 8.33. The van der Waals surface area contributed by atoms with E-state index < -0.39 is 16.1 Å². The van der Waals surface area contributed by atoms with Crippen LogP contribution in [0.4, 0.5) is 5.69 Å². The van der Waals surface area contributed by atoms with Crippen molar-refractivity contribution in [3.63, 3.8) is 0 Å². The van der Waals surface area contributed by atoms with E-state index in [2.05, 4.69) is 5.32 Å². The van der Waals surface area contributed by atoms with Crippen LogP contribution in [0.25, 0.3) is 0 Å². The zero-order valence-corrected chi connectivity index (χ0v) is 15.4. The first kappa shape index (κ1) is 17.5. The van der Waals surface area contributed by atoms with E-state index in [9.17, 15) is 13.2 Å². The van der Waals surface area contributed by atoms with Gasteiger partial charge in [0.15, 0.2) is 0 Å². The third-order valence-corrected chi connectivity index (χ3v) is 6.43. The van der Waals surface area contributed by atoms with Crippen LogP contribution in [-0.4, -0.2) is 26.9 Å². The quantitative estimate of drug-likeness (QED) is 0.913. The Morgan fingerprint density at radius 3 is 2.56 bits per heavy atom. The number of aryl methyl sites for hydroxylation is 2. The molecular weight excluding hydrogens is 336 g/mol. The lowest BCUT2D eigenvalue weighted by molar-refractivity contribution is -0.121. The largest absolute Gasteiger partial charge is 0.355 e. The van der Waals surface area contributed by atoms with Crippen LogP contribution in [0, 0.1) is 13.8 Å².